The van der Waals surface area contributed by atoms with Crippen LogP contribution in [-0.4, -0.2) is 24.7 Å². The van der Waals surface area contributed by atoms with Crippen LogP contribution in [0.2, 0.25) is 0 Å². The topological polar surface area (TPSA) is 38.3 Å². The highest BCUT2D eigenvalue weighted by Gasteiger charge is 2.30. The van der Waals surface area contributed by atoms with Crippen molar-refractivity contribution in [2.75, 3.05) is 6.61 Å². The Kier molecular flexibility index (Phi) is 6.09. The average molecular weight is 295 g/mol. The summed E-state index contributed by atoms with van der Waals surface area (Å²) in [5.41, 5.74) is 0.526. The molecule has 0 saturated heterocycles. The molecule has 0 aliphatic heterocycles. The van der Waals surface area contributed by atoms with Gasteiger partial charge in [-0.25, -0.2) is 0 Å². The molecule has 1 N–H and O–H groups in total. The molecule has 2 fully saturated rings. The van der Waals surface area contributed by atoms with Crippen molar-refractivity contribution in [1.29, 1.82) is 0 Å². The zero-order valence-electron chi connectivity index (χ0n) is 14.1. The van der Waals surface area contributed by atoms with Crippen LogP contribution in [0.15, 0.2) is 0 Å². The first-order chi connectivity index (χ1) is 10.00. The van der Waals surface area contributed by atoms with Crippen LogP contribution in [0.4, 0.5) is 0 Å². The van der Waals surface area contributed by atoms with E-state index in [1.165, 1.54) is 32.1 Å². The number of esters is 1. The normalized spacial score (nSPS) is 33.2. The van der Waals surface area contributed by atoms with Gasteiger partial charge >= 0.3 is 5.97 Å². The zero-order chi connectivity index (χ0) is 15.3. The molecule has 2 saturated carbocycles. The molecule has 0 radical (unpaired) electrons. The fraction of sp³-hybridized carbons (Fsp3) is 0.944. The molecular weight excluding hydrogens is 262 g/mol. The van der Waals surface area contributed by atoms with Gasteiger partial charge in [-0.1, -0.05) is 20.3 Å². The quantitative estimate of drug-likeness (QED) is 0.628. The summed E-state index contributed by atoms with van der Waals surface area (Å²) in [6.45, 7) is 7.20. The van der Waals surface area contributed by atoms with Crippen molar-refractivity contribution in [2.24, 2.45) is 11.3 Å². The van der Waals surface area contributed by atoms with E-state index in [2.05, 4.69) is 19.2 Å². The molecule has 0 amide bonds. The van der Waals surface area contributed by atoms with Crippen molar-refractivity contribution in [3.05, 3.63) is 0 Å². The van der Waals surface area contributed by atoms with Gasteiger partial charge in [0.15, 0.2) is 0 Å². The van der Waals surface area contributed by atoms with Crippen molar-refractivity contribution < 1.29 is 9.53 Å². The van der Waals surface area contributed by atoms with Gasteiger partial charge in [-0.3, -0.25) is 4.79 Å². The highest BCUT2D eigenvalue weighted by atomic mass is 16.5. The minimum atomic E-state index is 0.0205. The molecule has 2 aliphatic rings. The van der Waals surface area contributed by atoms with E-state index in [1.807, 2.05) is 6.92 Å². The minimum absolute atomic E-state index is 0.0205. The van der Waals surface area contributed by atoms with E-state index < -0.39 is 0 Å². The first-order valence-corrected chi connectivity index (χ1v) is 8.93. The number of hydrogen-bond acceptors (Lipinski definition) is 3. The molecule has 1 unspecified atom stereocenters. The lowest BCUT2D eigenvalue weighted by atomic mass is 9.84. The molecule has 2 rings (SSSR count). The van der Waals surface area contributed by atoms with Gasteiger partial charge in [-0.15, -0.1) is 0 Å². The van der Waals surface area contributed by atoms with Crippen molar-refractivity contribution in [2.45, 2.75) is 90.6 Å². The Morgan fingerprint density at radius 1 is 1.05 bits per heavy atom. The zero-order valence-corrected chi connectivity index (χ0v) is 14.1. The van der Waals surface area contributed by atoms with Crippen molar-refractivity contribution in [3.63, 3.8) is 0 Å². The van der Waals surface area contributed by atoms with Crippen molar-refractivity contribution >= 4 is 5.97 Å². The predicted molar refractivity (Wildman–Crippen MR) is 86.2 cm³/mol. The highest BCUT2D eigenvalue weighted by Crippen LogP contribution is 2.34. The molecule has 1 atom stereocenters. The maximum Gasteiger partial charge on any atom is 0.308 e. The van der Waals surface area contributed by atoms with Crippen LogP contribution < -0.4 is 5.32 Å². The molecule has 0 heterocycles. The first-order valence-electron chi connectivity index (χ1n) is 8.93. The molecule has 0 aromatic carbocycles. The van der Waals surface area contributed by atoms with Gasteiger partial charge in [0, 0.05) is 12.1 Å². The van der Waals surface area contributed by atoms with Gasteiger partial charge in [0.1, 0.15) is 0 Å². The second-order valence-electron chi connectivity index (χ2n) is 7.76. The largest absolute Gasteiger partial charge is 0.466 e. The minimum Gasteiger partial charge on any atom is -0.466 e. The van der Waals surface area contributed by atoms with Gasteiger partial charge in [0.05, 0.1) is 12.5 Å². The summed E-state index contributed by atoms with van der Waals surface area (Å²) < 4.78 is 5.15. The molecule has 122 valence electrons. The molecular formula is C18H33NO2. The number of carbonyl (C=O) groups excluding carboxylic acids is 1. The van der Waals surface area contributed by atoms with E-state index >= 15 is 0 Å². The lowest BCUT2D eigenvalue weighted by Crippen LogP contribution is -2.41. The van der Waals surface area contributed by atoms with Gasteiger partial charge in [-0.2, -0.15) is 0 Å². The Morgan fingerprint density at radius 2 is 1.71 bits per heavy atom. The van der Waals surface area contributed by atoms with Gasteiger partial charge < -0.3 is 10.1 Å². The summed E-state index contributed by atoms with van der Waals surface area (Å²) in [7, 11) is 0. The Balaban J connectivity index is 1.72. The van der Waals surface area contributed by atoms with Crippen LogP contribution in [0.5, 0.6) is 0 Å². The average Bonchev–Trinajstić information content (AvgIpc) is 2.61. The fourth-order valence-corrected chi connectivity index (χ4v) is 3.92. The van der Waals surface area contributed by atoms with E-state index in [0.717, 1.165) is 25.7 Å². The van der Waals surface area contributed by atoms with E-state index in [1.54, 1.807) is 0 Å². The van der Waals surface area contributed by atoms with E-state index in [4.69, 9.17) is 4.74 Å². The summed E-state index contributed by atoms with van der Waals surface area (Å²) in [5, 5.41) is 3.87. The second kappa shape index (κ2) is 7.62. The second-order valence-corrected chi connectivity index (χ2v) is 7.76. The smallest absolute Gasteiger partial charge is 0.308 e. The van der Waals surface area contributed by atoms with Crippen LogP contribution in [0.1, 0.15) is 78.6 Å². The maximum absolute atomic E-state index is 11.8. The molecule has 3 nitrogen and oxygen atoms in total. The molecule has 0 bridgehead atoms. The summed E-state index contributed by atoms with van der Waals surface area (Å²) in [5.74, 6) is 0.170. The molecule has 3 heteroatoms. The summed E-state index contributed by atoms with van der Waals surface area (Å²) in [4.78, 5) is 11.8. The van der Waals surface area contributed by atoms with Gasteiger partial charge in [-0.05, 0) is 63.7 Å². The molecule has 2 aliphatic carbocycles. The number of rotatable bonds is 4. The van der Waals surface area contributed by atoms with E-state index in [-0.39, 0.29) is 11.9 Å². The number of nitrogens with one attached hydrogen (secondary N) is 1. The SMILES string of the molecule is CCOC(=O)C1CCC(NC2CCCC(C)(C)CC2)CC1. The van der Waals surface area contributed by atoms with Crippen LogP contribution in [0, 0.1) is 11.3 Å². The summed E-state index contributed by atoms with van der Waals surface area (Å²) >= 11 is 0. The maximum atomic E-state index is 11.8. The van der Waals surface area contributed by atoms with E-state index in [9.17, 15) is 4.79 Å². The first kappa shape index (κ1) is 16.8. The lowest BCUT2D eigenvalue weighted by Gasteiger charge is -2.31. The van der Waals surface area contributed by atoms with Gasteiger partial charge in [0.25, 0.3) is 0 Å². The standard InChI is InChI=1S/C18H33NO2/c1-4-21-17(20)14-7-9-16(10-8-14)19-15-6-5-12-18(2,3)13-11-15/h14-16,19H,4-13H2,1-3H3. The number of carbonyl (C=O) groups is 1. The Morgan fingerprint density at radius 3 is 2.38 bits per heavy atom. The molecule has 21 heavy (non-hydrogen) atoms. The van der Waals surface area contributed by atoms with Crippen LogP contribution in [-0.2, 0) is 9.53 Å². The Hall–Kier alpha value is -0.570. The molecule has 0 aromatic heterocycles. The summed E-state index contributed by atoms with van der Waals surface area (Å²) in [6.07, 6.45) is 10.9. The third-order valence-corrected chi connectivity index (χ3v) is 5.39. The predicted octanol–water partition coefficient (Wildman–Crippen LogP) is 4.06. The van der Waals surface area contributed by atoms with Gasteiger partial charge in [0.2, 0.25) is 0 Å². The van der Waals surface area contributed by atoms with Crippen molar-refractivity contribution in [1.82, 2.24) is 5.32 Å². The molecule has 0 spiro atoms. The molecule has 0 aromatic rings. The Bertz CT molecular complexity index is 332. The fourth-order valence-electron chi connectivity index (χ4n) is 3.92. The monoisotopic (exact) mass is 295 g/mol. The lowest BCUT2D eigenvalue weighted by molar-refractivity contribution is -0.149. The van der Waals surface area contributed by atoms with E-state index in [0.29, 0.717) is 24.1 Å². The van der Waals surface area contributed by atoms with Crippen LogP contribution in [0.25, 0.3) is 0 Å². The van der Waals surface area contributed by atoms with Crippen molar-refractivity contribution in [3.8, 4) is 0 Å². The Labute approximate surface area is 130 Å². The van der Waals surface area contributed by atoms with Crippen LogP contribution >= 0.6 is 0 Å². The number of ether oxygens (including phenoxy) is 1. The third kappa shape index (κ3) is 5.28. The number of hydrogen-bond donors (Lipinski definition) is 1. The summed E-state index contributed by atoms with van der Waals surface area (Å²) in [6, 6.07) is 1.30. The third-order valence-electron chi connectivity index (χ3n) is 5.39. The highest BCUT2D eigenvalue weighted by molar-refractivity contribution is 5.72. The van der Waals surface area contributed by atoms with Crippen LogP contribution in [0.3, 0.4) is 0 Å².